The first-order valence-electron chi connectivity index (χ1n) is 18.8. The molecule has 56 heavy (non-hydrogen) atoms. The quantitative estimate of drug-likeness (QED) is 0.188. The lowest BCUT2D eigenvalue weighted by molar-refractivity contribution is 0.181. The maximum atomic E-state index is 9.88. The van der Waals surface area contributed by atoms with E-state index in [0.29, 0.717) is 5.75 Å². The third-order valence-electron chi connectivity index (χ3n) is 13.2. The molecule has 0 amide bonds. The Hall–Kier alpha value is -5.08. The van der Waals surface area contributed by atoms with Gasteiger partial charge in [0.05, 0.1) is 5.41 Å². The predicted molar refractivity (Wildman–Crippen MR) is 241 cm³/mol. The van der Waals surface area contributed by atoms with E-state index < -0.39 is 0 Å². The summed E-state index contributed by atoms with van der Waals surface area (Å²) < 4.78 is 0. The number of aromatic hydroxyl groups is 2. The minimum Gasteiger partial charge on any atom is -0.508 e. The van der Waals surface area contributed by atoms with E-state index in [1.807, 2.05) is 24.3 Å². The molecule has 10 rings (SSSR count). The van der Waals surface area contributed by atoms with Crippen LogP contribution in [0.15, 0.2) is 146 Å². The highest BCUT2D eigenvalue weighted by atomic mass is 16.3. The second-order valence-corrected chi connectivity index (χ2v) is 15.7. The van der Waals surface area contributed by atoms with Crippen LogP contribution in [-0.2, 0) is 10.8 Å². The molecule has 0 saturated heterocycles. The average molecular weight is 747 g/mol. The molecule has 0 spiro atoms. The number of hydrogen-bond acceptors (Lipinski definition) is 2. The van der Waals surface area contributed by atoms with Crippen LogP contribution < -0.4 is 0 Å². The van der Waals surface area contributed by atoms with Gasteiger partial charge in [-0.25, -0.2) is 0 Å². The topological polar surface area (TPSA) is 40.5 Å². The number of aryl methyl sites for hydroxylation is 2. The molecule has 0 aromatic heterocycles. The number of fused-ring (bicyclic) bond motifs is 8. The SMILES string of the molecule is C.C.C.C.C.Cc1ccc(C2(c3ccc(O)cc3)CC3CC2C2CCCC32)cc1.Cc1ccc(C2(c3ccc(O)cc3)c3ccccc3-c3ccccc32)cc1. The molecule has 294 valence electrons. The van der Waals surface area contributed by atoms with Gasteiger partial charge in [-0.2, -0.15) is 0 Å². The van der Waals surface area contributed by atoms with Crippen LogP contribution >= 0.6 is 0 Å². The van der Waals surface area contributed by atoms with Crippen LogP contribution in [0.2, 0.25) is 0 Å². The zero-order valence-electron chi connectivity index (χ0n) is 29.6. The van der Waals surface area contributed by atoms with Crippen LogP contribution in [-0.4, -0.2) is 10.2 Å². The minimum atomic E-state index is -0.380. The van der Waals surface area contributed by atoms with Crippen molar-refractivity contribution in [3.63, 3.8) is 0 Å². The molecule has 2 nitrogen and oxygen atoms in total. The molecule has 2 heteroatoms. The van der Waals surface area contributed by atoms with Gasteiger partial charge in [0.15, 0.2) is 0 Å². The van der Waals surface area contributed by atoms with Crippen molar-refractivity contribution in [3.8, 4) is 22.6 Å². The fourth-order valence-corrected chi connectivity index (χ4v) is 11.1. The van der Waals surface area contributed by atoms with Crippen molar-refractivity contribution in [1.82, 2.24) is 0 Å². The summed E-state index contributed by atoms with van der Waals surface area (Å²) >= 11 is 0. The van der Waals surface area contributed by atoms with Crippen LogP contribution in [0.1, 0.15) is 114 Å². The molecule has 2 bridgehead atoms. The van der Waals surface area contributed by atoms with Crippen molar-refractivity contribution in [2.75, 3.05) is 0 Å². The summed E-state index contributed by atoms with van der Waals surface area (Å²) in [6.07, 6.45) is 7.03. The smallest absolute Gasteiger partial charge is 0.115 e. The normalized spacial score (nSPS) is 22.5. The highest BCUT2D eigenvalue weighted by Gasteiger charge is 2.61. The van der Waals surface area contributed by atoms with E-state index in [9.17, 15) is 10.2 Å². The predicted octanol–water partition coefficient (Wildman–Crippen LogP) is 14.7. The van der Waals surface area contributed by atoms with Gasteiger partial charge in [-0.1, -0.05) is 176 Å². The Morgan fingerprint density at radius 1 is 0.464 bits per heavy atom. The van der Waals surface area contributed by atoms with Gasteiger partial charge in [0.2, 0.25) is 0 Å². The summed E-state index contributed by atoms with van der Waals surface area (Å²) in [6, 6.07) is 51.3. The van der Waals surface area contributed by atoms with Crippen LogP contribution in [0.4, 0.5) is 0 Å². The number of phenols is 2. The summed E-state index contributed by atoms with van der Waals surface area (Å²) in [7, 11) is 0. The zero-order valence-corrected chi connectivity index (χ0v) is 29.6. The van der Waals surface area contributed by atoms with E-state index in [4.69, 9.17) is 0 Å². The Morgan fingerprint density at radius 2 is 0.857 bits per heavy atom. The third kappa shape index (κ3) is 6.66. The van der Waals surface area contributed by atoms with E-state index in [1.54, 1.807) is 12.1 Å². The molecule has 6 aromatic rings. The molecule has 6 aromatic carbocycles. The fourth-order valence-electron chi connectivity index (χ4n) is 11.1. The largest absolute Gasteiger partial charge is 0.508 e. The van der Waals surface area contributed by atoms with Crippen molar-refractivity contribution >= 4 is 0 Å². The maximum absolute atomic E-state index is 9.88. The summed E-state index contributed by atoms with van der Waals surface area (Å²) in [5.74, 6) is 4.25. The summed E-state index contributed by atoms with van der Waals surface area (Å²) in [5.41, 5.74) is 12.8. The number of phenolic OH excluding ortho intramolecular Hbond substituents is 2. The summed E-state index contributed by atoms with van der Waals surface area (Å²) in [4.78, 5) is 0. The fraction of sp³-hybridized carbons (Fsp3) is 0.333. The first-order chi connectivity index (χ1) is 24.9. The number of benzene rings is 6. The van der Waals surface area contributed by atoms with Crippen molar-refractivity contribution in [3.05, 3.63) is 190 Å². The van der Waals surface area contributed by atoms with Gasteiger partial charge in [-0.3, -0.25) is 0 Å². The molecule has 5 unspecified atom stereocenters. The highest BCUT2D eigenvalue weighted by Crippen LogP contribution is 2.68. The second-order valence-electron chi connectivity index (χ2n) is 15.7. The van der Waals surface area contributed by atoms with Crippen LogP contribution in [0.25, 0.3) is 11.1 Å². The standard InChI is InChI=1S/C26H20O.C23H26O.5CH4/c1-18-10-12-19(13-11-18)26(20-14-16-21(27)17-15-20)24-8-4-2-6-22(24)23-7-3-5-9-25(23)26;1-15-5-7-17(8-6-15)23(18-9-11-19(24)12-10-18)14-16-13-22(23)21-4-2-3-20(16)21;;;;;/h2-17,27H,1H3;5-12,16,20-22,24H,2-4,13-14H2,1H3;5*1H4. The molecule has 4 aliphatic rings. The maximum Gasteiger partial charge on any atom is 0.115 e. The highest BCUT2D eigenvalue weighted by molar-refractivity contribution is 5.86. The molecule has 3 fully saturated rings. The molecule has 0 aliphatic heterocycles. The second kappa shape index (κ2) is 17.0. The van der Waals surface area contributed by atoms with Gasteiger partial charge >= 0.3 is 0 Å². The Morgan fingerprint density at radius 3 is 1.34 bits per heavy atom. The van der Waals surface area contributed by atoms with Gasteiger partial charge in [-0.15, -0.1) is 0 Å². The van der Waals surface area contributed by atoms with E-state index >= 15 is 0 Å². The van der Waals surface area contributed by atoms with Gasteiger partial charge in [0, 0.05) is 5.41 Å². The van der Waals surface area contributed by atoms with Crippen LogP contribution in [0, 0.1) is 37.5 Å². The first-order valence-corrected chi connectivity index (χ1v) is 18.8. The first kappa shape index (κ1) is 43.6. The monoisotopic (exact) mass is 747 g/mol. The van der Waals surface area contributed by atoms with Crippen molar-refractivity contribution < 1.29 is 10.2 Å². The Balaban J connectivity index is 0.000000229. The van der Waals surface area contributed by atoms with Crippen molar-refractivity contribution in [2.45, 2.75) is 93.9 Å². The van der Waals surface area contributed by atoms with E-state index in [0.717, 1.165) is 23.7 Å². The molecular formula is C54H66O2. The van der Waals surface area contributed by atoms with Crippen LogP contribution in [0.3, 0.4) is 0 Å². The lowest BCUT2D eigenvalue weighted by Crippen LogP contribution is -2.40. The van der Waals surface area contributed by atoms with Crippen LogP contribution in [0.5, 0.6) is 11.5 Å². The average Bonchev–Trinajstić information content (AvgIpc) is 3.94. The molecule has 0 radical (unpaired) electrons. The Labute approximate surface area is 339 Å². The lowest BCUT2D eigenvalue weighted by Gasteiger charge is -2.44. The van der Waals surface area contributed by atoms with Gasteiger partial charge in [0.25, 0.3) is 0 Å². The minimum absolute atomic E-state index is 0. The summed E-state index contributed by atoms with van der Waals surface area (Å²) in [6.45, 7) is 4.29. The summed E-state index contributed by atoms with van der Waals surface area (Å²) in [5, 5.41) is 19.7. The van der Waals surface area contributed by atoms with Gasteiger partial charge < -0.3 is 10.2 Å². The Kier molecular flexibility index (Phi) is 13.2. The Bertz CT molecular complexity index is 2040. The molecule has 4 aliphatic carbocycles. The van der Waals surface area contributed by atoms with Gasteiger partial charge in [0.1, 0.15) is 11.5 Å². The van der Waals surface area contributed by atoms with E-state index in [2.05, 4.69) is 123 Å². The zero-order chi connectivity index (χ0) is 34.7. The molecular weight excluding hydrogens is 681 g/mol. The van der Waals surface area contributed by atoms with E-state index in [1.165, 1.54) is 87.7 Å². The van der Waals surface area contributed by atoms with Gasteiger partial charge in [-0.05, 0) is 132 Å². The third-order valence-corrected chi connectivity index (χ3v) is 13.2. The van der Waals surface area contributed by atoms with Crippen molar-refractivity contribution in [1.29, 1.82) is 0 Å². The lowest BCUT2D eigenvalue weighted by atomic mass is 9.59. The molecule has 5 atom stereocenters. The number of rotatable bonds is 4. The molecule has 0 heterocycles. The molecule has 3 saturated carbocycles. The van der Waals surface area contributed by atoms with Crippen molar-refractivity contribution in [2.24, 2.45) is 23.7 Å². The molecule has 2 N–H and O–H groups in total. The van der Waals surface area contributed by atoms with E-state index in [-0.39, 0.29) is 53.7 Å². The number of hydrogen-bond donors (Lipinski definition) is 2.